The van der Waals surface area contributed by atoms with Crippen LogP contribution in [0, 0.1) is 0 Å². The van der Waals surface area contributed by atoms with Gasteiger partial charge in [0, 0.05) is 6.54 Å². The molecule has 0 amide bonds. The number of nitrogens with zero attached hydrogens (tertiary/aromatic N) is 3. The first kappa shape index (κ1) is 11.6. The molecule has 1 aliphatic rings. The second kappa shape index (κ2) is 4.38. The molecule has 1 saturated heterocycles. The van der Waals surface area contributed by atoms with Crippen molar-refractivity contribution in [2.24, 2.45) is 0 Å². The Balaban J connectivity index is 2.77. The summed E-state index contributed by atoms with van der Waals surface area (Å²) in [5, 5.41) is 0. The van der Waals surface area contributed by atoms with E-state index in [0.717, 1.165) is 13.0 Å². The van der Waals surface area contributed by atoms with Crippen LogP contribution in [-0.2, 0) is 4.79 Å². The number of carbonyl (C=O) groups excluding carboxylic acids is 1. The van der Waals surface area contributed by atoms with Crippen molar-refractivity contribution in [3.8, 4) is 0 Å². The van der Waals surface area contributed by atoms with Crippen LogP contribution in [0.4, 0.5) is 0 Å². The van der Waals surface area contributed by atoms with E-state index in [9.17, 15) is 4.79 Å². The molecule has 1 rings (SSSR count). The van der Waals surface area contributed by atoms with Gasteiger partial charge < -0.3 is 0 Å². The van der Waals surface area contributed by atoms with Crippen molar-refractivity contribution in [1.82, 2.24) is 14.7 Å². The zero-order valence-electron chi connectivity index (χ0n) is 9.82. The maximum atomic E-state index is 11.4. The lowest BCUT2D eigenvalue weighted by molar-refractivity contribution is -0.134. The van der Waals surface area contributed by atoms with Gasteiger partial charge in [-0.25, -0.2) is 0 Å². The third-order valence-corrected chi connectivity index (χ3v) is 2.94. The largest absolute Gasteiger partial charge is 0.298 e. The minimum atomic E-state index is 0.0820. The Hall–Kier alpha value is -0.450. The molecule has 1 fully saturated rings. The highest BCUT2D eigenvalue weighted by molar-refractivity contribution is 5.81. The maximum absolute atomic E-state index is 11.4. The first-order valence-corrected chi connectivity index (χ1v) is 5.04. The maximum Gasteiger partial charge on any atom is 0.147 e. The van der Waals surface area contributed by atoms with E-state index in [-0.39, 0.29) is 18.1 Å². The Labute approximate surface area is 86.5 Å². The van der Waals surface area contributed by atoms with Crippen LogP contribution < -0.4 is 0 Å². The summed E-state index contributed by atoms with van der Waals surface area (Å²) in [6, 6.07) is 0.0820. The minimum absolute atomic E-state index is 0.0820. The van der Waals surface area contributed by atoms with Crippen LogP contribution in [0.5, 0.6) is 0 Å². The van der Waals surface area contributed by atoms with E-state index in [0.29, 0.717) is 0 Å². The summed E-state index contributed by atoms with van der Waals surface area (Å²) in [5.41, 5.74) is 0. The molecule has 0 bridgehead atoms. The highest BCUT2D eigenvalue weighted by atomic mass is 16.1. The van der Waals surface area contributed by atoms with Crippen molar-refractivity contribution in [3.63, 3.8) is 0 Å². The predicted octanol–water partition coefficient (Wildman–Crippen LogP) is 0.0565. The van der Waals surface area contributed by atoms with Crippen molar-refractivity contribution in [1.29, 1.82) is 0 Å². The van der Waals surface area contributed by atoms with Crippen molar-refractivity contribution in [3.05, 3.63) is 0 Å². The van der Waals surface area contributed by atoms with E-state index < -0.39 is 0 Å². The number of carbonyl (C=O) groups is 1. The molecule has 0 aromatic rings. The number of likely N-dealkylation sites (N-methyl/N-ethyl adjacent to an activating group) is 1. The summed E-state index contributed by atoms with van der Waals surface area (Å²) < 4.78 is 0. The lowest BCUT2D eigenvalue weighted by atomic mass is 10.1. The molecule has 2 unspecified atom stereocenters. The predicted molar refractivity (Wildman–Crippen MR) is 57.0 cm³/mol. The van der Waals surface area contributed by atoms with Gasteiger partial charge in [-0.3, -0.25) is 19.5 Å². The third-order valence-electron chi connectivity index (χ3n) is 2.94. The normalized spacial score (nSPS) is 31.0. The molecule has 0 N–H and O–H groups in total. The molecule has 4 heteroatoms. The fourth-order valence-electron chi connectivity index (χ4n) is 2.37. The number of hydrogen-bond acceptors (Lipinski definition) is 4. The molecule has 0 aromatic heterocycles. The molecule has 0 spiro atoms. The lowest BCUT2D eigenvalue weighted by Crippen LogP contribution is -2.62. The molecule has 4 nitrogen and oxygen atoms in total. The SMILES string of the molecule is CC(=O)C1CCN(C)C(N(C)C)N1C. The quantitative estimate of drug-likeness (QED) is 0.628. The summed E-state index contributed by atoms with van der Waals surface area (Å²) >= 11 is 0. The molecule has 1 aliphatic heterocycles. The standard InChI is InChI=1S/C10H21N3O/c1-8(14)9-6-7-12(4)10(11(2)3)13(9)5/h9-10H,6-7H2,1-5H3. The van der Waals surface area contributed by atoms with Gasteiger partial charge in [-0.05, 0) is 41.5 Å². The van der Waals surface area contributed by atoms with E-state index in [1.54, 1.807) is 6.92 Å². The number of hydrogen-bond donors (Lipinski definition) is 0. The highest BCUT2D eigenvalue weighted by Crippen LogP contribution is 2.18. The summed E-state index contributed by atoms with van der Waals surface area (Å²) in [4.78, 5) is 17.9. The minimum Gasteiger partial charge on any atom is -0.298 e. The Kier molecular flexibility index (Phi) is 3.64. The van der Waals surface area contributed by atoms with E-state index in [1.165, 1.54) is 0 Å². The van der Waals surface area contributed by atoms with Gasteiger partial charge in [0.25, 0.3) is 0 Å². The van der Waals surface area contributed by atoms with Crippen LogP contribution >= 0.6 is 0 Å². The number of Topliss-reactive ketones (excluding diaryl/α,β-unsaturated/α-hetero) is 1. The third kappa shape index (κ3) is 2.13. The molecular formula is C10H21N3O. The van der Waals surface area contributed by atoms with Crippen LogP contribution in [0.15, 0.2) is 0 Å². The van der Waals surface area contributed by atoms with Crippen LogP contribution in [0.2, 0.25) is 0 Å². The summed E-state index contributed by atoms with van der Waals surface area (Å²) in [7, 11) is 8.20. The molecule has 0 aliphatic carbocycles. The summed E-state index contributed by atoms with van der Waals surface area (Å²) in [5.74, 6) is 0.271. The van der Waals surface area contributed by atoms with E-state index in [4.69, 9.17) is 0 Å². The van der Waals surface area contributed by atoms with E-state index in [2.05, 4.69) is 21.7 Å². The Morgan fingerprint density at radius 1 is 1.36 bits per heavy atom. The van der Waals surface area contributed by atoms with Gasteiger partial charge >= 0.3 is 0 Å². The van der Waals surface area contributed by atoms with Crippen molar-refractivity contribution < 1.29 is 4.79 Å². The van der Waals surface area contributed by atoms with Crippen LogP contribution in [0.25, 0.3) is 0 Å². The second-order valence-corrected chi connectivity index (χ2v) is 4.37. The second-order valence-electron chi connectivity index (χ2n) is 4.37. The summed E-state index contributed by atoms with van der Waals surface area (Å²) in [6.07, 6.45) is 1.17. The average Bonchev–Trinajstić information content (AvgIpc) is 2.02. The molecule has 1 heterocycles. The number of rotatable bonds is 2. The highest BCUT2D eigenvalue weighted by Gasteiger charge is 2.34. The monoisotopic (exact) mass is 199 g/mol. The van der Waals surface area contributed by atoms with Gasteiger partial charge in [0.15, 0.2) is 0 Å². The Bertz CT molecular complexity index is 217. The topological polar surface area (TPSA) is 26.8 Å². The van der Waals surface area contributed by atoms with Gasteiger partial charge in [0.05, 0.1) is 6.04 Å². The van der Waals surface area contributed by atoms with Crippen molar-refractivity contribution in [2.75, 3.05) is 34.7 Å². The fourth-order valence-corrected chi connectivity index (χ4v) is 2.37. The molecule has 14 heavy (non-hydrogen) atoms. The van der Waals surface area contributed by atoms with Crippen LogP contribution in [-0.4, -0.2) is 67.5 Å². The fraction of sp³-hybridized carbons (Fsp3) is 0.900. The zero-order chi connectivity index (χ0) is 10.9. The Morgan fingerprint density at radius 3 is 2.36 bits per heavy atom. The zero-order valence-corrected chi connectivity index (χ0v) is 9.82. The van der Waals surface area contributed by atoms with Gasteiger partial charge in [-0.15, -0.1) is 0 Å². The molecule has 0 saturated carbocycles. The van der Waals surface area contributed by atoms with Gasteiger partial charge in [-0.1, -0.05) is 0 Å². The van der Waals surface area contributed by atoms with Crippen molar-refractivity contribution >= 4 is 5.78 Å². The molecule has 2 atom stereocenters. The molecule has 82 valence electrons. The van der Waals surface area contributed by atoms with E-state index in [1.807, 2.05) is 21.1 Å². The lowest BCUT2D eigenvalue weighted by Gasteiger charge is -2.47. The summed E-state index contributed by atoms with van der Waals surface area (Å²) in [6.45, 7) is 2.66. The Morgan fingerprint density at radius 2 is 1.93 bits per heavy atom. The molecule has 0 radical (unpaired) electrons. The smallest absolute Gasteiger partial charge is 0.147 e. The number of ketones is 1. The van der Waals surface area contributed by atoms with Crippen LogP contribution in [0.1, 0.15) is 13.3 Å². The molecule has 0 aromatic carbocycles. The van der Waals surface area contributed by atoms with Crippen LogP contribution in [0.3, 0.4) is 0 Å². The van der Waals surface area contributed by atoms with E-state index >= 15 is 0 Å². The first-order chi connectivity index (χ1) is 6.45. The average molecular weight is 199 g/mol. The van der Waals surface area contributed by atoms with Gasteiger partial charge in [0.2, 0.25) is 0 Å². The van der Waals surface area contributed by atoms with Gasteiger partial charge in [-0.2, -0.15) is 0 Å². The van der Waals surface area contributed by atoms with Gasteiger partial charge in [0.1, 0.15) is 12.1 Å². The van der Waals surface area contributed by atoms with Crippen molar-refractivity contribution in [2.45, 2.75) is 25.7 Å². The first-order valence-electron chi connectivity index (χ1n) is 5.04. The molecular weight excluding hydrogens is 178 g/mol.